The molecule has 0 spiro atoms. The molecule has 1 heterocycles. The van der Waals surface area contributed by atoms with Crippen LogP contribution in [0, 0.1) is 0 Å². The Morgan fingerprint density at radius 3 is 2.53 bits per heavy atom. The topological polar surface area (TPSA) is 72.5 Å². The van der Waals surface area contributed by atoms with E-state index in [1.807, 2.05) is 13.8 Å². The van der Waals surface area contributed by atoms with Crippen LogP contribution in [0.4, 0.5) is 0 Å². The van der Waals surface area contributed by atoms with Gasteiger partial charge in [0.2, 0.25) is 5.91 Å². The SMILES string of the molecule is CCC(=O)CCCCC(=O)N[C@H]1C[C@@H](CC)OC1=O. The number of carbonyl (C=O) groups excluding carboxylic acids is 3. The molecule has 2 atom stereocenters. The third kappa shape index (κ3) is 5.41. The fourth-order valence-electron chi connectivity index (χ4n) is 2.07. The lowest BCUT2D eigenvalue weighted by atomic mass is 10.1. The van der Waals surface area contributed by atoms with Gasteiger partial charge in [0.1, 0.15) is 17.9 Å². The number of carbonyl (C=O) groups is 3. The maximum absolute atomic E-state index is 11.6. The summed E-state index contributed by atoms with van der Waals surface area (Å²) in [5, 5.41) is 2.70. The quantitative estimate of drug-likeness (QED) is 0.538. The van der Waals surface area contributed by atoms with Crippen molar-refractivity contribution < 1.29 is 19.1 Å². The van der Waals surface area contributed by atoms with Gasteiger partial charge in [0.15, 0.2) is 0 Å². The second kappa shape index (κ2) is 7.92. The number of hydrogen-bond donors (Lipinski definition) is 1. The molecular weight excluding hydrogens is 246 g/mol. The number of hydrogen-bond acceptors (Lipinski definition) is 4. The van der Waals surface area contributed by atoms with Crippen molar-refractivity contribution in [3.05, 3.63) is 0 Å². The van der Waals surface area contributed by atoms with E-state index in [9.17, 15) is 14.4 Å². The first-order valence-electron chi connectivity index (χ1n) is 7.08. The van der Waals surface area contributed by atoms with Crippen LogP contribution in [-0.2, 0) is 19.1 Å². The summed E-state index contributed by atoms with van der Waals surface area (Å²) in [4.78, 5) is 34.2. The van der Waals surface area contributed by atoms with E-state index in [0.29, 0.717) is 32.1 Å². The van der Waals surface area contributed by atoms with E-state index in [0.717, 1.165) is 12.8 Å². The van der Waals surface area contributed by atoms with E-state index >= 15 is 0 Å². The molecule has 0 saturated carbocycles. The normalized spacial score (nSPS) is 22.1. The van der Waals surface area contributed by atoms with Gasteiger partial charge in [0.25, 0.3) is 0 Å². The summed E-state index contributed by atoms with van der Waals surface area (Å²) in [6.45, 7) is 3.79. The first-order chi connectivity index (χ1) is 9.06. The van der Waals surface area contributed by atoms with E-state index in [1.54, 1.807) is 0 Å². The molecule has 0 aromatic carbocycles. The maximum atomic E-state index is 11.6. The monoisotopic (exact) mass is 269 g/mol. The number of nitrogens with one attached hydrogen (secondary N) is 1. The molecule has 5 nitrogen and oxygen atoms in total. The number of rotatable bonds is 8. The highest BCUT2D eigenvalue weighted by Gasteiger charge is 2.34. The van der Waals surface area contributed by atoms with Gasteiger partial charge in [-0.25, -0.2) is 4.79 Å². The van der Waals surface area contributed by atoms with Crippen LogP contribution in [0.25, 0.3) is 0 Å². The number of amides is 1. The standard InChI is InChI=1S/C14H23NO4/c1-3-10(16)7-5-6-8-13(17)15-12-9-11(4-2)19-14(12)18/h11-12H,3-9H2,1-2H3,(H,15,17)/t11-,12+/m1/s1. The van der Waals surface area contributed by atoms with Gasteiger partial charge < -0.3 is 10.1 Å². The van der Waals surface area contributed by atoms with Crippen molar-refractivity contribution in [2.45, 2.75) is 70.9 Å². The van der Waals surface area contributed by atoms with Gasteiger partial charge in [-0.1, -0.05) is 13.8 Å². The van der Waals surface area contributed by atoms with Gasteiger partial charge in [0.05, 0.1) is 0 Å². The zero-order chi connectivity index (χ0) is 14.3. The lowest BCUT2D eigenvalue weighted by Gasteiger charge is -2.08. The largest absolute Gasteiger partial charge is 0.461 e. The van der Waals surface area contributed by atoms with Crippen molar-refractivity contribution in [1.82, 2.24) is 5.32 Å². The fourth-order valence-corrected chi connectivity index (χ4v) is 2.07. The molecule has 108 valence electrons. The van der Waals surface area contributed by atoms with Crippen LogP contribution >= 0.6 is 0 Å². The molecule has 1 amide bonds. The van der Waals surface area contributed by atoms with Gasteiger partial charge in [0, 0.05) is 25.7 Å². The summed E-state index contributed by atoms with van der Waals surface area (Å²) in [6.07, 6.45) is 4.12. The van der Waals surface area contributed by atoms with E-state index in [2.05, 4.69) is 5.32 Å². The molecule has 1 saturated heterocycles. The van der Waals surface area contributed by atoms with E-state index < -0.39 is 6.04 Å². The summed E-state index contributed by atoms with van der Waals surface area (Å²) in [5.41, 5.74) is 0. The second-order valence-corrected chi connectivity index (χ2v) is 4.92. The summed E-state index contributed by atoms with van der Waals surface area (Å²) >= 11 is 0. The third-order valence-electron chi connectivity index (χ3n) is 3.36. The van der Waals surface area contributed by atoms with Crippen LogP contribution in [0.1, 0.15) is 58.8 Å². The first kappa shape index (κ1) is 15.7. The van der Waals surface area contributed by atoms with E-state index in [-0.39, 0.29) is 23.8 Å². The molecule has 1 N–H and O–H groups in total. The van der Waals surface area contributed by atoms with E-state index in [4.69, 9.17) is 4.74 Å². The fraction of sp³-hybridized carbons (Fsp3) is 0.786. The lowest BCUT2D eigenvalue weighted by Crippen LogP contribution is -2.37. The van der Waals surface area contributed by atoms with Crippen molar-refractivity contribution in [2.24, 2.45) is 0 Å². The Bertz CT molecular complexity index is 340. The predicted octanol–water partition coefficient (Wildman–Crippen LogP) is 1.74. The molecule has 1 aliphatic rings. The molecule has 0 aliphatic carbocycles. The van der Waals surface area contributed by atoms with Crippen molar-refractivity contribution in [3.63, 3.8) is 0 Å². The zero-order valence-electron chi connectivity index (χ0n) is 11.7. The van der Waals surface area contributed by atoms with Crippen LogP contribution in [0.5, 0.6) is 0 Å². The smallest absolute Gasteiger partial charge is 0.329 e. The van der Waals surface area contributed by atoms with Crippen LogP contribution in [0.3, 0.4) is 0 Å². The molecule has 1 aliphatic heterocycles. The molecule has 0 bridgehead atoms. The van der Waals surface area contributed by atoms with Crippen LogP contribution in [-0.4, -0.2) is 29.8 Å². The third-order valence-corrected chi connectivity index (χ3v) is 3.36. The Balaban J connectivity index is 2.17. The highest BCUT2D eigenvalue weighted by molar-refractivity contribution is 5.85. The summed E-state index contributed by atoms with van der Waals surface area (Å²) in [7, 11) is 0. The average molecular weight is 269 g/mol. The molecule has 19 heavy (non-hydrogen) atoms. The van der Waals surface area contributed by atoms with E-state index in [1.165, 1.54) is 0 Å². The first-order valence-corrected chi connectivity index (χ1v) is 7.08. The minimum atomic E-state index is -0.491. The second-order valence-electron chi connectivity index (χ2n) is 4.92. The summed E-state index contributed by atoms with van der Waals surface area (Å²) in [5.74, 6) is -0.241. The minimum Gasteiger partial charge on any atom is -0.461 e. The molecule has 0 aromatic heterocycles. The molecule has 1 fully saturated rings. The summed E-state index contributed by atoms with van der Waals surface area (Å²) in [6, 6.07) is -0.491. The Hall–Kier alpha value is -1.39. The highest BCUT2D eigenvalue weighted by Crippen LogP contribution is 2.17. The maximum Gasteiger partial charge on any atom is 0.329 e. The van der Waals surface area contributed by atoms with Crippen molar-refractivity contribution in [3.8, 4) is 0 Å². The molecule has 0 unspecified atom stereocenters. The number of ketones is 1. The Morgan fingerprint density at radius 1 is 1.26 bits per heavy atom. The number of esters is 1. The van der Waals surface area contributed by atoms with Crippen molar-refractivity contribution in [2.75, 3.05) is 0 Å². The Kier molecular flexibility index (Phi) is 6.53. The summed E-state index contributed by atoms with van der Waals surface area (Å²) < 4.78 is 5.10. The predicted molar refractivity (Wildman–Crippen MR) is 70.5 cm³/mol. The number of cyclic esters (lactones) is 1. The Labute approximate surface area is 114 Å². The van der Waals surface area contributed by atoms with Crippen LogP contribution < -0.4 is 5.32 Å². The highest BCUT2D eigenvalue weighted by atomic mass is 16.6. The lowest BCUT2D eigenvalue weighted by molar-refractivity contribution is -0.144. The molecule has 0 radical (unpaired) electrons. The van der Waals surface area contributed by atoms with Gasteiger partial charge in [-0.3, -0.25) is 9.59 Å². The zero-order valence-corrected chi connectivity index (χ0v) is 11.7. The van der Waals surface area contributed by atoms with Crippen LogP contribution in [0.2, 0.25) is 0 Å². The van der Waals surface area contributed by atoms with Crippen molar-refractivity contribution >= 4 is 17.7 Å². The van der Waals surface area contributed by atoms with Crippen LogP contribution in [0.15, 0.2) is 0 Å². The molecule has 0 aromatic rings. The van der Waals surface area contributed by atoms with Crippen molar-refractivity contribution in [1.29, 1.82) is 0 Å². The van der Waals surface area contributed by atoms with Gasteiger partial charge >= 0.3 is 5.97 Å². The van der Waals surface area contributed by atoms with Gasteiger partial charge in [-0.2, -0.15) is 0 Å². The average Bonchev–Trinajstić information content (AvgIpc) is 2.75. The number of Topliss-reactive ketones (excluding diaryl/α,β-unsaturated/α-hetero) is 1. The molecule has 1 rings (SSSR count). The van der Waals surface area contributed by atoms with Gasteiger partial charge in [-0.05, 0) is 19.3 Å². The molecule has 5 heteroatoms. The Morgan fingerprint density at radius 2 is 1.95 bits per heavy atom. The molecular formula is C14H23NO4. The number of ether oxygens (including phenoxy) is 1. The van der Waals surface area contributed by atoms with Gasteiger partial charge in [-0.15, -0.1) is 0 Å². The minimum absolute atomic E-state index is 0.0695. The number of unbranched alkanes of at least 4 members (excludes halogenated alkanes) is 1.